The third kappa shape index (κ3) is 5.05. The van der Waals surface area contributed by atoms with E-state index in [4.69, 9.17) is 0 Å². The van der Waals surface area contributed by atoms with Crippen LogP contribution >= 0.6 is 0 Å². The van der Waals surface area contributed by atoms with E-state index in [9.17, 15) is 27.2 Å². The molecule has 0 bridgehead atoms. The van der Waals surface area contributed by atoms with Crippen molar-refractivity contribution in [2.45, 2.75) is 13.3 Å². The number of hydrogen-bond acceptors (Lipinski definition) is 2. The molecular formula is C18H16F4N2O2. The first-order valence-electron chi connectivity index (χ1n) is 7.71. The molecule has 0 unspecified atom stereocenters. The van der Waals surface area contributed by atoms with E-state index in [0.717, 1.165) is 11.6 Å². The number of amides is 2. The lowest BCUT2D eigenvalue weighted by Gasteiger charge is -2.20. The Morgan fingerprint density at radius 3 is 2.23 bits per heavy atom. The molecule has 1 N–H and O–H groups in total. The summed E-state index contributed by atoms with van der Waals surface area (Å²) in [7, 11) is 0. The number of halogens is 4. The van der Waals surface area contributed by atoms with Crippen LogP contribution in [0.2, 0.25) is 0 Å². The molecule has 0 aliphatic rings. The molecule has 0 heterocycles. The highest BCUT2D eigenvalue weighted by atomic mass is 19.2. The lowest BCUT2D eigenvalue weighted by molar-refractivity contribution is -0.132. The average molecular weight is 368 g/mol. The Labute approximate surface area is 147 Å². The summed E-state index contributed by atoms with van der Waals surface area (Å²) in [5.74, 6) is -6.12. The van der Waals surface area contributed by atoms with Gasteiger partial charge >= 0.3 is 0 Å². The van der Waals surface area contributed by atoms with Gasteiger partial charge in [-0.25, -0.2) is 17.6 Å². The summed E-state index contributed by atoms with van der Waals surface area (Å²) >= 11 is 0. The average Bonchev–Trinajstić information content (AvgIpc) is 2.60. The first kappa shape index (κ1) is 19.4. The van der Waals surface area contributed by atoms with Gasteiger partial charge in [-0.05, 0) is 36.2 Å². The third-order valence-corrected chi connectivity index (χ3v) is 3.67. The van der Waals surface area contributed by atoms with E-state index < -0.39 is 41.5 Å². The van der Waals surface area contributed by atoms with Crippen molar-refractivity contribution in [3.05, 3.63) is 65.2 Å². The normalized spacial score (nSPS) is 10.5. The molecule has 138 valence electrons. The minimum Gasteiger partial charge on any atom is -0.333 e. The van der Waals surface area contributed by atoms with Crippen LogP contribution in [-0.4, -0.2) is 29.8 Å². The van der Waals surface area contributed by atoms with E-state index in [0.29, 0.717) is 12.5 Å². The van der Waals surface area contributed by atoms with E-state index >= 15 is 0 Å². The molecule has 2 aromatic rings. The summed E-state index contributed by atoms with van der Waals surface area (Å²) in [6.07, 6.45) is 0.382. The summed E-state index contributed by atoms with van der Waals surface area (Å²) < 4.78 is 52.5. The van der Waals surface area contributed by atoms with Gasteiger partial charge in [0.05, 0.1) is 12.2 Å². The van der Waals surface area contributed by atoms with E-state index in [1.165, 1.54) is 24.0 Å². The van der Waals surface area contributed by atoms with Crippen LogP contribution in [0.15, 0.2) is 36.4 Å². The molecule has 0 atom stereocenters. The van der Waals surface area contributed by atoms with Crippen LogP contribution in [-0.2, 0) is 16.0 Å². The Morgan fingerprint density at radius 1 is 0.962 bits per heavy atom. The fourth-order valence-corrected chi connectivity index (χ4v) is 2.25. The van der Waals surface area contributed by atoms with Gasteiger partial charge in [-0.15, -0.1) is 0 Å². The fraction of sp³-hybridized carbons (Fsp3) is 0.222. The van der Waals surface area contributed by atoms with Crippen LogP contribution < -0.4 is 5.32 Å². The molecule has 4 nitrogen and oxygen atoms in total. The van der Waals surface area contributed by atoms with Crippen LogP contribution in [0.1, 0.15) is 12.5 Å². The number of benzene rings is 2. The monoisotopic (exact) mass is 368 g/mol. The van der Waals surface area contributed by atoms with Gasteiger partial charge in [-0.2, -0.15) is 0 Å². The van der Waals surface area contributed by atoms with Crippen molar-refractivity contribution in [3.8, 4) is 0 Å². The maximum atomic E-state index is 13.6. The summed E-state index contributed by atoms with van der Waals surface area (Å²) in [5.41, 5.74) is 0.251. The standard InChI is InChI=1S/C18H16F4N2O2/c1-11(25)24(9-8-12-2-4-13(19)5-3-12)10-16(26)23-15-7-6-14(20)17(21)18(15)22/h2-7H,8-10H2,1H3,(H,23,26). The maximum absolute atomic E-state index is 13.6. The zero-order valence-electron chi connectivity index (χ0n) is 13.9. The Morgan fingerprint density at radius 2 is 1.62 bits per heavy atom. The highest BCUT2D eigenvalue weighted by Crippen LogP contribution is 2.19. The van der Waals surface area contributed by atoms with Crippen molar-refractivity contribution in [2.24, 2.45) is 0 Å². The number of carbonyl (C=O) groups excluding carboxylic acids is 2. The summed E-state index contributed by atoms with van der Waals surface area (Å²) in [6, 6.07) is 7.26. The molecule has 0 radical (unpaired) electrons. The van der Waals surface area contributed by atoms with Gasteiger partial charge < -0.3 is 10.2 Å². The molecular weight excluding hydrogens is 352 g/mol. The van der Waals surface area contributed by atoms with Gasteiger partial charge in [0.2, 0.25) is 11.8 Å². The quantitative estimate of drug-likeness (QED) is 0.629. The van der Waals surface area contributed by atoms with Crippen molar-refractivity contribution >= 4 is 17.5 Å². The van der Waals surface area contributed by atoms with Crippen molar-refractivity contribution in [3.63, 3.8) is 0 Å². The van der Waals surface area contributed by atoms with Gasteiger partial charge in [-0.1, -0.05) is 12.1 Å². The van der Waals surface area contributed by atoms with Crippen LogP contribution in [0, 0.1) is 23.3 Å². The molecule has 2 amide bonds. The van der Waals surface area contributed by atoms with Crippen LogP contribution in [0.25, 0.3) is 0 Å². The highest BCUT2D eigenvalue weighted by Gasteiger charge is 2.18. The number of nitrogens with one attached hydrogen (secondary N) is 1. The van der Waals surface area contributed by atoms with E-state index in [2.05, 4.69) is 5.32 Å². The van der Waals surface area contributed by atoms with Crippen LogP contribution in [0.3, 0.4) is 0 Å². The summed E-state index contributed by atoms with van der Waals surface area (Å²) in [6.45, 7) is 1.04. The Hall–Kier alpha value is -2.90. The number of hydrogen-bond donors (Lipinski definition) is 1. The highest BCUT2D eigenvalue weighted by molar-refractivity contribution is 5.94. The second kappa shape index (κ2) is 8.46. The van der Waals surface area contributed by atoms with Gasteiger partial charge in [-0.3, -0.25) is 9.59 Å². The topological polar surface area (TPSA) is 49.4 Å². The summed E-state index contributed by atoms with van der Waals surface area (Å²) in [4.78, 5) is 24.9. The molecule has 2 rings (SSSR count). The Balaban J connectivity index is 1.98. The van der Waals surface area contributed by atoms with Crippen LogP contribution in [0.5, 0.6) is 0 Å². The van der Waals surface area contributed by atoms with E-state index in [-0.39, 0.29) is 12.4 Å². The van der Waals surface area contributed by atoms with Crippen molar-refractivity contribution in [1.29, 1.82) is 0 Å². The zero-order valence-corrected chi connectivity index (χ0v) is 13.9. The molecule has 0 fully saturated rings. The molecule has 8 heteroatoms. The molecule has 26 heavy (non-hydrogen) atoms. The number of anilines is 1. The Kier molecular flexibility index (Phi) is 6.32. The van der Waals surface area contributed by atoms with Gasteiger partial charge in [0, 0.05) is 13.5 Å². The smallest absolute Gasteiger partial charge is 0.244 e. The lowest BCUT2D eigenvalue weighted by atomic mass is 10.1. The van der Waals surface area contributed by atoms with Crippen molar-refractivity contribution in [1.82, 2.24) is 4.90 Å². The molecule has 0 spiro atoms. The maximum Gasteiger partial charge on any atom is 0.244 e. The minimum absolute atomic E-state index is 0.175. The first-order valence-corrected chi connectivity index (χ1v) is 7.71. The second-order valence-corrected chi connectivity index (χ2v) is 5.59. The SMILES string of the molecule is CC(=O)N(CCc1ccc(F)cc1)CC(=O)Nc1ccc(F)c(F)c1F. The zero-order chi connectivity index (χ0) is 19.3. The molecule has 2 aromatic carbocycles. The van der Waals surface area contributed by atoms with E-state index in [1.807, 2.05) is 0 Å². The van der Waals surface area contributed by atoms with Gasteiger partial charge in [0.25, 0.3) is 0 Å². The number of carbonyl (C=O) groups is 2. The number of rotatable bonds is 6. The van der Waals surface area contributed by atoms with Gasteiger partial charge in [0.15, 0.2) is 17.5 Å². The van der Waals surface area contributed by atoms with Crippen molar-refractivity contribution < 1.29 is 27.2 Å². The van der Waals surface area contributed by atoms with Crippen molar-refractivity contribution in [2.75, 3.05) is 18.4 Å². The minimum atomic E-state index is -1.69. The fourth-order valence-electron chi connectivity index (χ4n) is 2.25. The second-order valence-electron chi connectivity index (χ2n) is 5.59. The lowest BCUT2D eigenvalue weighted by Crippen LogP contribution is -2.38. The molecule has 0 saturated carbocycles. The predicted octanol–water partition coefficient (Wildman–Crippen LogP) is 3.27. The molecule has 0 aliphatic heterocycles. The molecule has 0 saturated heterocycles. The van der Waals surface area contributed by atoms with Gasteiger partial charge in [0.1, 0.15) is 5.82 Å². The molecule has 0 aliphatic carbocycles. The third-order valence-electron chi connectivity index (χ3n) is 3.67. The largest absolute Gasteiger partial charge is 0.333 e. The van der Waals surface area contributed by atoms with Crippen LogP contribution in [0.4, 0.5) is 23.2 Å². The summed E-state index contributed by atoms with van der Waals surface area (Å²) in [5, 5.41) is 2.11. The first-order chi connectivity index (χ1) is 12.3. The predicted molar refractivity (Wildman–Crippen MR) is 87.3 cm³/mol. The Bertz CT molecular complexity index is 810. The van der Waals surface area contributed by atoms with E-state index in [1.54, 1.807) is 12.1 Å². The molecule has 0 aromatic heterocycles. The number of nitrogens with zero attached hydrogens (tertiary/aromatic N) is 1.